The minimum atomic E-state index is 0.0775. The van der Waals surface area contributed by atoms with Crippen LogP contribution in [0.3, 0.4) is 0 Å². The molecule has 74 valence electrons. The standard InChI is InChI=1S/C10H12ClN3/c1-14-6-9(13-10(14)12)7-4-2-3-5-8(7)11/h2-5,9H,6H2,1H3,(H2,12,13). The van der Waals surface area contributed by atoms with Gasteiger partial charge in [-0.3, -0.25) is 0 Å². The maximum atomic E-state index is 6.07. The first kappa shape index (κ1) is 9.34. The molecule has 0 bridgehead atoms. The van der Waals surface area contributed by atoms with E-state index in [0.29, 0.717) is 5.96 Å². The van der Waals surface area contributed by atoms with E-state index in [0.717, 1.165) is 17.1 Å². The number of nitrogens with zero attached hydrogens (tertiary/aromatic N) is 2. The van der Waals surface area contributed by atoms with Crippen LogP contribution in [0.25, 0.3) is 0 Å². The molecule has 0 radical (unpaired) electrons. The van der Waals surface area contributed by atoms with Crippen LogP contribution in [0.1, 0.15) is 11.6 Å². The number of hydrogen-bond acceptors (Lipinski definition) is 3. The van der Waals surface area contributed by atoms with Gasteiger partial charge in [-0.25, -0.2) is 4.99 Å². The van der Waals surface area contributed by atoms with Crippen molar-refractivity contribution in [3.8, 4) is 0 Å². The van der Waals surface area contributed by atoms with Gasteiger partial charge >= 0.3 is 0 Å². The summed E-state index contributed by atoms with van der Waals surface area (Å²) in [5.41, 5.74) is 6.73. The molecule has 0 saturated carbocycles. The highest BCUT2D eigenvalue weighted by molar-refractivity contribution is 6.31. The molecular weight excluding hydrogens is 198 g/mol. The predicted octanol–water partition coefficient (Wildman–Crippen LogP) is 1.64. The van der Waals surface area contributed by atoms with Gasteiger partial charge in [-0.1, -0.05) is 29.8 Å². The molecule has 1 heterocycles. The first-order valence-corrected chi connectivity index (χ1v) is 4.85. The molecule has 2 rings (SSSR count). The smallest absolute Gasteiger partial charge is 0.191 e. The molecule has 3 nitrogen and oxygen atoms in total. The highest BCUT2D eigenvalue weighted by Crippen LogP contribution is 2.28. The maximum Gasteiger partial charge on any atom is 0.191 e. The van der Waals surface area contributed by atoms with E-state index in [1.54, 1.807) is 0 Å². The Balaban J connectivity index is 2.30. The quantitative estimate of drug-likeness (QED) is 0.764. The lowest BCUT2D eigenvalue weighted by atomic mass is 10.1. The zero-order valence-electron chi connectivity index (χ0n) is 7.94. The van der Waals surface area contributed by atoms with E-state index in [1.165, 1.54) is 0 Å². The molecule has 4 heteroatoms. The number of nitrogens with two attached hydrogens (primary N) is 1. The van der Waals surface area contributed by atoms with E-state index in [-0.39, 0.29) is 6.04 Å². The first-order chi connectivity index (χ1) is 6.68. The van der Waals surface area contributed by atoms with Gasteiger partial charge in [0, 0.05) is 18.6 Å². The summed E-state index contributed by atoms with van der Waals surface area (Å²) in [4.78, 5) is 6.26. The van der Waals surface area contributed by atoms with Crippen molar-refractivity contribution in [2.45, 2.75) is 6.04 Å². The highest BCUT2D eigenvalue weighted by atomic mass is 35.5. The van der Waals surface area contributed by atoms with Crippen LogP contribution < -0.4 is 5.73 Å². The summed E-state index contributed by atoms with van der Waals surface area (Å²) < 4.78 is 0. The van der Waals surface area contributed by atoms with Crippen LogP contribution in [0.2, 0.25) is 5.02 Å². The Morgan fingerprint density at radius 2 is 2.21 bits per heavy atom. The molecular formula is C10H12ClN3. The minimum absolute atomic E-state index is 0.0775. The van der Waals surface area contributed by atoms with Crippen molar-refractivity contribution >= 4 is 17.6 Å². The topological polar surface area (TPSA) is 41.6 Å². The van der Waals surface area contributed by atoms with Gasteiger partial charge in [0.1, 0.15) is 0 Å². The highest BCUT2D eigenvalue weighted by Gasteiger charge is 2.22. The van der Waals surface area contributed by atoms with Crippen molar-refractivity contribution in [1.29, 1.82) is 0 Å². The molecule has 2 N–H and O–H groups in total. The SMILES string of the molecule is CN1CC(c2ccccc2Cl)N=C1N. The van der Waals surface area contributed by atoms with Crippen LogP contribution in [-0.4, -0.2) is 24.5 Å². The van der Waals surface area contributed by atoms with E-state index >= 15 is 0 Å². The summed E-state index contributed by atoms with van der Waals surface area (Å²) in [7, 11) is 1.93. The van der Waals surface area contributed by atoms with Gasteiger partial charge in [0.2, 0.25) is 0 Å². The third kappa shape index (κ3) is 1.55. The average molecular weight is 210 g/mol. The summed E-state index contributed by atoms with van der Waals surface area (Å²) in [5, 5.41) is 0.754. The van der Waals surface area contributed by atoms with Crippen LogP contribution in [0, 0.1) is 0 Å². The second kappa shape index (κ2) is 3.50. The van der Waals surface area contributed by atoms with E-state index < -0.39 is 0 Å². The molecule has 1 aliphatic heterocycles. The first-order valence-electron chi connectivity index (χ1n) is 4.47. The maximum absolute atomic E-state index is 6.07. The van der Waals surface area contributed by atoms with E-state index in [9.17, 15) is 0 Å². The van der Waals surface area contributed by atoms with Crippen molar-refractivity contribution < 1.29 is 0 Å². The number of benzene rings is 1. The van der Waals surface area contributed by atoms with E-state index in [4.69, 9.17) is 17.3 Å². The number of likely N-dealkylation sites (N-methyl/N-ethyl adjacent to an activating group) is 1. The Bertz CT molecular complexity index is 375. The third-order valence-electron chi connectivity index (χ3n) is 2.39. The van der Waals surface area contributed by atoms with Crippen LogP contribution in [-0.2, 0) is 0 Å². The summed E-state index contributed by atoms with van der Waals surface area (Å²) in [6.45, 7) is 0.801. The van der Waals surface area contributed by atoms with E-state index in [1.807, 2.05) is 36.2 Å². The molecule has 1 unspecified atom stereocenters. The Labute approximate surface area is 88.2 Å². The summed E-state index contributed by atoms with van der Waals surface area (Å²) in [6.07, 6.45) is 0. The lowest BCUT2D eigenvalue weighted by Gasteiger charge is -2.12. The van der Waals surface area contributed by atoms with Crippen molar-refractivity contribution in [3.05, 3.63) is 34.9 Å². The third-order valence-corrected chi connectivity index (χ3v) is 2.73. The number of halogens is 1. The van der Waals surface area contributed by atoms with Crippen molar-refractivity contribution in [2.24, 2.45) is 10.7 Å². The van der Waals surface area contributed by atoms with Crippen LogP contribution in [0.5, 0.6) is 0 Å². The monoisotopic (exact) mass is 209 g/mol. The summed E-state index contributed by atoms with van der Waals surface area (Å²) >= 11 is 6.07. The minimum Gasteiger partial charge on any atom is -0.370 e. The van der Waals surface area contributed by atoms with Gasteiger partial charge in [-0.2, -0.15) is 0 Å². The molecule has 0 spiro atoms. The lowest BCUT2D eigenvalue weighted by molar-refractivity contribution is 0.504. The molecule has 1 aliphatic rings. The van der Waals surface area contributed by atoms with Crippen molar-refractivity contribution in [2.75, 3.05) is 13.6 Å². The van der Waals surface area contributed by atoms with Crippen LogP contribution in [0.15, 0.2) is 29.3 Å². The van der Waals surface area contributed by atoms with Gasteiger partial charge in [0.15, 0.2) is 5.96 Å². The van der Waals surface area contributed by atoms with Gasteiger partial charge in [0.25, 0.3) is 0 Å². The second-order valence-electron chi connectivity index (χ2n) is 3.41. The Morgan fingerprint density at radius 3 is 2.79 bits per heavy atom. The normalized spacial score (nSPS) is 21.1. The fourth-order valence-electron chi connectivity index (χ4n) is 1.57. The van der Waals surface area contributed by atoms with Crippen LogP contribution >= 0.6 is 11.6 Å². The van der Waals surface area contributed by atoms with Gasteiger partial charge in [-0.15, -0.1) is 0 Å². The lowest BCUT2D eigenvalue weighted by Crippen LogP contribution is -2.29. The zero-order valence-corrected chi connectivity index (χ0v) is 8.70. The fourth-order valence-corrected chi connectivity index (χ4v) is 1.83. The van der Waals surface area contributed by atoms with Crippen molar-refractivity contribution in [1.82, 2.24) is 4.90 Å². The van der Waals surface area contributed by atoms with Crippen LogP contribution in [0.4, 0.5) is 0 Å². The number of guanidine groups is 1. The Hall–Kier alpha value is -1.22. The Kier molecular flexibility index (Phi) is 2.33. The summed E-state index contributed by atoms with van der Waals surface area (Å²) in [6, 6.07) is 7.82. The number of hydrogen-bond donors (Lipinski definition) is 1. The molecule has 14 heavy (non-hydrogen) atoms. The second-order valence-corrected chi connectivity index (χ2v) is 3.81. The largest absolute Gasteiger partial charge is 0.370 e. The predicted molar refractivity (Wildman–Crippen MR) is 58.4 cm³/mol. The molecule has 1 atom stereocenters. The molecule has 1 aromatic carbocycles. The average Bonchev–Trinajstić information content (AvgIpc) is 2.48. The zero-order chi connectivity index (χ0) is 10.1. The summed E-state index contributed by atoms with van der Waals surface area (Å²) in [5.74, 6) is 0.579. The van der Waals surface area contributed by atoms with Crippen molar-refractivity contribution in [3.63, 3.8) is 0 Å². The van der Waals surface area contributed by atoms with Gasteiger partial charge in [-0.05, 0) is 11.6 Å². The molecule has 0 saturated heterocycles. The fraction of sp³-hybridized carbons (Fsp3) is 0.300. The Morgan fingerprint density at radius 1 is 1.50 bits per heavy atom. The molecule has 0 aromatic heterocycles. The van der Waals surface area contributed by atoms with Gasteiger partial charge in [0.05, 0.1) is 6.04 Å². The number of aliphatic imine (C=N–C) groups is 1. The molecule has 1 aromatic rings. The number of rotatable bonds is 1. The van der Waals surface area contributed by atoms with E-state index in [2.05, 4.69) is 4.99 Å². The molecule has 0 aliphatic carbocycles. The molecule has 0 amide bonds. The molecule has 0 fully saturated rings. The van der Waals surface area contributed by atoms with Gasteiger partial charge < -0.3 is 10.6 Å².